The average Bonchev–Trinajstić information content (AvgIpc) is 3.00. The van der Waals surface area contributed by atoms with Gasteiger partial charge in [0, 0.05) is 19.2 Å². The Hall–Kier alpha value is -2.62. The van der Waals surface area contributed by atoms with Gasteiger partial charge in [0.25, 0.3) is 5.91 Å². The van der Waals surface area contributed by atoms with Crippen LogP contribution in [0.25, 0.3) is 0 Å². The van der Waals surface area contributed by atoms with E-state index in [9.17, 15) is 22.4 Å². The molecule has 0 spiro atoms. The predicted octanol–water partition coefficient (Wildman–Crippen LogP) is 2.78. The first-order valence-electron chi connectivity index (χ1n) is 8.77. The number of carbonyl (C=O) groups excluding carboxylic acids is 1. The molecular weight excluding hydrogens is 382 g/mol. The number of benzene rings is 1. The number of carbonyl (C=O) groups is 1. The van der Waals surface area contributed by atoms with Crippen LogP contribution in [0.15, 0.2) is 30.3 Å². The second kappa shape index (κ2) is 7.08. The van der Waals surface area contributed by atoms with Crippen molar-refractivity contribution in [3.05, 3.63) is 47.5 Å². The minimum atomic E-state index is -4.58. The molecule has 4 rings (SSSR count). The van der Waals surface area contributed by atoms with E-state index in [4.69, 9.17) is 9.47 Å². The van der Waals surface area contributed by atoms with Crippen molar-refractivity contribution >= 4 is 5.91 Å². The van der Waals surface area contributed by atoms with Gasteiger partial charge in [-0.15, -0.1) is 0 Å². The van der Waals surface area contributed by atoms with Crippen molar-refractivity contribution in [3.8, 4) is 5.75 Å². The van der Waals surface area contributed by atoms with E-state index in [1.165, 1.54) is 28.9 Å². The number of rotatable bonds is 5. The Morgan fingerprint density at radius 2 is 2.07 bits per heavy atom. The summed E-state index contributed by atoms with van der Waals surface area (Å²) in [4.78, 5) is 13.5. The first-order valence-corrected chi connectivity index (χ1v) is 8.77. The van der Waals surface area contributed by atoms with Gasteiger partial charge in [-0.3, -0.25) is 9.48 Å². The van der Waals surface area contributed by atoms with Crippen molar-refractivity contribution < 1.29 is 31.8 Å². The van der Waals surface area contributed by atoms with Gasteiger partial charge >= 0.3 is 6.18 Å². The Morgan fingerprint density at radius 3 is 2.71 bits per heavy atom. The molecule has 0 radical (unpaired) electrons. The molecule has 2 aromatic rings. The molecule has 28 heavy (non-hydrogen) atoms. The Bertz CT molecular complexity index is 879. The minimum Gasteiger partial charge on any atom is -0.487 e. The topological polar surface area (TPSA) is 56.6 Å². The summed E-state index contributed by atoms with van der Waals surface area (Å²) in [5, 5.41) is 4.21. The van der Waals surface area contributed by atoms with E-state index in [0.29, 0.717) is 5.69 Å². The fraction of sp³-hybridized carbons (Fsp3) is 0.444. The lowest BCUT2D eigenvalue weighted by Crippen LogP contribution is -2.60. The maximum atomic E-state index is 13.5. The number of amides is 1. The minimum absolute atomic E-state index is 0.0365. The van der Waals surface area contributed by atoms with E-state index in [-0.39, 0.29) is 44.2 Å². The number of alkyl halides is 3. The van der Waals surface area contributed by atoms with Crippen molar-refractivity contribution in [2.45, 2.75) is 37.9 Å². The number of nitrogens with zero attached hydrogens (tertiary/aromatic N) is 3. The molecule has 1 saturated heterocycles. The van der Waals surface area contributed by atoms with Crippen LogP contribution in [0.3, 0.4) is 0 Å². The molecule has 2 aliphatic rings. The zero-order chi connectivity index (χ0) is 19.9. The largest absolute Gasteiger partial charge is 0.487 e. The molecule has 2 unspecified atom stereocenters. The van der Waals surface area contributed by atoms with Crippen molar-refractivity contribution in [2.24, 2.45) is 0 Å². The molecule has 0 N–H and O–H groups in total. The van der Waals surface area contributed by atoms with Crippen LogP contribution < -0.4 is 4.74 Å². The molecule has 1 aromatic carbocycles. The van der Waals surface area contributed by atoms with Gasteiger partial charge in [0.15, 0.2) is 6.04 Å². The summed E-state index contributed by atoms with van der Waals surface area (Å²) in [6, 6.07) is 4.98. The van der Waals surface area contributed by atoms with Crippen LogP contribution in [0.1, 0.15) is 22.6 Å². The van der Waals surface area contributed by atoms with Gasteiger partial charge in [-0.2, -0.15) is 18.3 Å². The molecule has 1 fully saturated rings. The summed E-state index contributed by atoms with van der Waals surface area (Å²) in [6.07, 6.45) is -5.35. The molecule has 150 valence electrons. The highest BCUT2D eigenvalue weighted by Crippen LogP contribution is 2.35. The summed E-state index contributed by atoms with van der Waals surface area (Å²) in [5.41, 5.74) is 0.440. The van der Waals surface area contributed by atoms with Crippen LogP contribution in [0, 0.1) is 5.82 Å². The van der Waals surface area contributed by atoms with Crippen LogP contribution in [0.5, 0.6) is 5.75 Å². The summed E-state index contributed by atoms with van der Waals surface area (Å²) in [5.74, 6) is -0.907. The third-order valence-electron chi connectivity index (χ3n) is 4.80. The monoisotopic (exact) mass is 399 g/mol. The fourth-order valence-corrected chi connectivity index (χ4v) is 3.40. The van der Waals surface area contributed by atoms with Crippen LogP contribution in [-0.2, 0) is 17.9 Å². The van der Waals surface area contributed by atoms with E-state index in [0.717, 1.165) is 4.90 Å². The Morgan fingerprint density at radius 1 is 1.29 bits per heavy atom. The van der Waals surface area contributed by atoms with E-state index >= 15 is 0 Å². The van der Waals surface area contributed by atoms with Crippen molar-refractivity contribution in [1.29, 1.82) is 0 Å². The molecule has 2 atom stereocenters. The SMILES string of the molecule is O=C1c2cc(COc3cccc(F)c3)nn2CCN1C(C1CCO1)C(F)(F)F. The highest BCUT2D eigenvalue weighted by Gasteiger charge is 2.53. The zero-order valence-electron chi connectivity index (χ0n) is 14.7. The summed E-state index contributed by atoms with van der Waals surface area (Å²) < 4.78 is 65.6. The second-order valence-electron chi connectivity index (χ2n) is 6.67. The maximum absolute atomic E-state index is 13.5. The number of halogens is 4. The van der Waals surface area contributed by atoms with Crippen molar-refractivity contribution in [2.75, 3.05) is 13.2 Å². The lowest BCUT2D eigenvalue weighted by atomic mass is 10.0. The summed E-state index contributed by atoms with van der Waals surface area (Å²) in [7, 11) is 0. The third-order valence-corrected chi connectivity index (χ3v) is 4.80. The van der Waals surface area contributed by atoms with Gasteiger partial charge in [-0.05, 0) is 24.6 Å². The van der Waals surface area contributed by atoms with Crippen molar-refractivity contribution in [1.82, 2.24) is 14.7 Å². The van der Waals surface area contributed by atoms with Gasteiger partial charge in [0.1, 0.15) is 29.6 Å². The molecule has 2 aliphatic heterocycles. The lowest BCUT2D eigenvalue weighted by molar-refractivity contribution is -0.230. The quantitative estimate of drug-likeness (QED) is 0.726. The first-order chi connectivity index (χ1) is 13.3. The average molecular weight is 399 g/mol. The molecule has 0 bridgehead atoms. The van der Waals surface area contributed by atoms with E-state index < -0.39 is 30.0 Å². The Balaban J connectivity index is 1.50. The number of hydrogen-bond acceptors (Lipinski definition) is 4. The van der Waals surface area contributed by atoms with Gasteiger partial charge in [-0.1, -0.05) is 6.07 Å². The van der Waals surface area contributed by atoms with E-state index in [1.54, 1.807) is 6.07 Å². The molecule has 1 aromatic heterocycles. The molecule has 0 saturated carbocycles. The van der Waals surface area contributed by atoms with Crippen LogP contribution in [-0.4, -0.2) is 52.1 Å². The van der Waals surface area contributed by atoms with Crippen LogP contribution >= 0.6 is 0 Å². The molecule has 6 nitrogen and oxygen atoms in total. The number of ether oxygens (including phenoxy) is 2. The third kappa shape index (κ3) is 3.56. The van der Waals surface area contributed by atoms with E-state index in [1.807, 2.05) is 0 Å². The van der Waals surface area contributed by atoms with E-state index in [2.05, 4.69) is 5.10 Å². The molecular formula is C18H17F4N3O3. The van der Waals surface area contributed by atoms with Gasteiger partial charge < -0.3 is 14.4 Å². The van der Waals surface area contributed by atoms with Crippen LogP contribution in [0.4, 0.5) is 17.6 Å². The first kappa shape index (κ1) is 18.7. The normalized spacial score (nSPS) is 20.5. The summed E-state index contributed by atoms with van der Waals surface area (Å²) >= 11 is 0. The predicted molar refractivity (Wildman–Crippen MR) is 88.2 cm³/mol. The molecule has 1 amide bonds. The number of aromatic nitrogens is 2. The molecule has 10 heteroatoms. The summed E-state index contributed by atoms with van der Waals surface area (Å²) in [6.45, 7) is 0.256. The number of fused-ring (bicyclic) bond motifs is 1. The lowest BCUT2D eigenvalue weighted by Gasteiger charge is -2.42. The van der Waals surface area contributed by atoms with Gasteiger partial charge in [0.2, 0.25) is 0 Å². The Labute approximate surface area is 157 Å². The molecule has 0 aliphatic carbocycles. The maximum Gasteiger partial charge on any atom is 0.411 e. The number of hydrogen-bond donors (Lipinski definition) is 0. The molecule has 3 heterocycles. The van der Waals surface area contributed by atoms with Crippen LogP contribution in [0.2, 0.25) is 0 Å². The fourth-order valence-electron chi connectivity index (χ4n) is 3.40. The Kier molecular flexibility index (Phi) is 4.74. The smallest absolute Gasteiger partial charge is 0.411 e. The zero-order valence-corrected chi connectivity index (χ0v) is 14.7. The van der Waals surface area contributed by atoms with Gasteiger partial charge in [0.05, 0.1) is 12.6 Å². The standard InChI is InChI=1S/C18H17F4N3O3/c19-11-2-1-3-13(8-11)28-10-12-9-14-17(26)24(5-6-25(14)23-12)16(18(20,21)22)15-4-7-27-15/h1-3,8-9,15-16H,4-7,10H2. The highest BCUT2D eigenvalue weighted by molar-refractivity contribution is 5.93. The van der Waals surface area contributed by atoms with Crippen molar-refractivity contribution in [3.63, 3.8) is 0 Å². The second-order valence-corrected chi connectivity index (χ2v) is 6.67. The van der Waals surface area contributed by atoms with Gasteiger partial charge in [-0.25, -0.2) is 4.39 Å². The highest BCUT2D eigenvalue weighted by atomic mass is 19.4.